The van der Waals surface area contributed by atoms with Gasteiger partial charge < -0.3 is 5.11 Å². The van der Waals surface area contributed by atoms with Crippen LogP contribution in [0.4, 0.5) is 0 Å². The minimum atomic E-state index is 0.102. The molecule has 0 amide bonds. The van der Waals surface area contributed by atoms with E-state index < -0.39 is 0 Å². The summed E-state index contributed by atoms with van der Waals surface area (Å²) in [7, 11) is 0. The van der Waals surface area contributed by atoms with Crippen molar-refractivity contribution in [3.8, 4) is 0 Å². The number of ketones is 1. The zero-order valence-corrected chi connectivity index (χ0v) is 18.2. The van der Waals surface area contributed by atoms with Crippen LogP contribution >= 0.6 is 11.8 Å². The van der Waals surface area contributed by atoms with Crippen LogP contribution < -0.4 is 0 Å². The summed E-state index contributed by atoms with van der Waals surface area (Å²) in [6.07, 6.45) is 9.96. The molecule has 0 aromatic carbocycles. The van der Waals surface area contributed by atoms with E-state index in [1.807, 2.05) is 18.7 Å². The van der Waals surface area contributed by atoms with Crippen LogP contribution in [-0.4, -0.2) is 34.1 Å². The minimum Gasteiger partial charge on any atom is -0.511 e. The lowest BCUT2D eigenvalue weighted by molar-refractivity contribution is -0.116. The van der Waals surface area contributed by atoms with Crippen molar-refractivity contribution >= 4 is 23.3 Å². The van der Waals surface area contributed by atoms with Crippen LogP contribution in [0.3, 0.4) is 0 Å². The van der Waals surface area contributed by atoms with Crippen molar-refractivity contribution in [3.63, 3.8) is 0 Å². The summed E-state index contributed by atoms with van der Waals surface area (Å²) in [6, 6.07) is 0. The van der Waals surface area contributed by atoms with Gasteiger partial charge in [0, 0.05) is 30.3 Å². The fraction of sp³-hybridized carbons (Fsp3) is 0.818. The Kier molecular flexibility index (Phi) is 12.0. The molecule has 1 aliphatic carbocycles. The molecule has 1 N–H and O–H groups in total. The van der Waals surface area contributed by atoms with Crippen molar-refractivity contribution in [2.75, 3.05) is 12.3 Å². The minimum absolute atomic E-state index is 0.102. The lowest BCUT2D eigenvalue weighted by atomic mass is 9.80. The predicted molar refractivity (Wildman–Crippen MR) is 116 cm³/mol. The second kappa shape index (κ2) is 13.4. The zero-order chi connectivity index (χ0) is 19.4. The van der Waals surface area contributed by atoms with Crippen molar-refractivity contribution in [1.82, 2.24) is 0 Å². The van der Waals surface area contributed by atoms with E-state index in [-0.39, 0.29) is 11.5 Å². The molecule has 1 fully saturated rings. The first-order valence-electron chi connectivity index (χ1n) is 10.6. The number of hydrogen-bond acceptors (Lipinski definition) is 4. The molecule has 1 aliphatic rings. The first kappa shape index (κ1) is 23.3. The van der Waals surface area contributed by atoms with E-state index in [0.717, 1.165) is 43.7 Å². The molecular formula is C22H39NO2S. The van der Waals surface area contributed by atoms with Gasteiger partial charge in [0.15, 0.2) is 5.78 Å². The van der Waals surface area contributed by atoms with Gasteiger partial charge in [-0.1, -0.05) is 53.4 Å². The van der Waals surface area contributed by atoms with E-state index >= 15 is 0 Å². The number of thioether (sulfide) groups is 1. The van der Waals surface area contributed by atoms with Crippen LogP contribution in [0, 0.1) is 5.92 Å². The van der Waals surface area contributed by atoms with Crippen molar-refractivity contribution in [2.24, 2.45) is 10.9 Å². The number of aliphatic imine (C=N–C) groups is 1. The third-order valence-corrected chi connectivity index (χ3v) is 6.07. The second-order valence-electron chi connectivity index (χ2n) is 7.51. The number of rotatable bonds is 12. The van der Waals surface area contributed by atoms with Gasteiger partial charge in [-0.3, -0.25) is 9.79 Å². The fourth-order valence-electron chi connectivity index (χ4n) is 3.72. The normalized spacial score (nSPS) is 22.7. The summed E-state index contributed by atoms with van der Waals surface area (Å²) in [5.74, 6) is 1.85. The monoisotopic (exact) mass is 381 g/mol. The molecule has 0 aromatic heterocycles. The molecule has 0 aliphatic heterocycles. The van der Waals surface area contributed by atoms with Gasteiger partial charge in [-0.2, -0.15) is 11.8 Å². The highest BCUT2D eigenvalue weighted by Gasteiger charge is 2.31. The van der Waals surface area contributed by atoms with Gasteiger partial charge in [0.25, 0.3) is 0 Å². The summed E-state index contributed by atoms with van der Waals surface area (Å²) in [5, 5.41) is 11.0. The summed E-state index contributed by atoms with van der Waals surface area (Å²) >= 11 is 1.96. The van der Waals surface area contributed by atoms with Gasteiger partial charge >= 0.3 is 0 Å². The Hall–Kier alpha value is -0.770. The highest BCUT2D eigenvalue weighted by Crippen LogP contribution is 2.32. The molecule has 1 saturated carbocycles. The first-order chi connectivity index (χ1) is 12.5. The van der Waals surface area contributed by atoms with E-state index in [1.165, 1.54) is 25.7 Å². The Labute approximate surface area is 165 Å². The number of aliphatic hydroxyl groups excluding tert-OH is 1. The van der Waals surface area contributed by atoms with Gasteiger partial charge in [0.1, 0.15) is 5.76 Å². The molecule has 3 nitrogen and oxygen atoms in total. The third kappa shape index (κ3) is 8.28. The topological polar surface area (TPSA) is 49.7 Å². The molecule has 0 spiro atoms. The van der Waals surface area contributed by atoms with Crippen LogP contribution in [-0.2, 0) is 4.79 Å². The lowest BCUT2D eigenvalue weighted by Gasteiger charge is -2.27. The molecule has 1 rings (SSSR count). The number of unbranched alkanes of at least 4 members (excludes halogenated alkanes) is 4. The van der Waals surface area contributed by atoms with Gasteiger partial charge in [0.2, 0.25) is 0 Å². The maximum Gasteiger partial charge on any atom is 0.168 e. The number of nitrogens with zero attached hydrogens (tertiary/aromatic N) is 1. The number of Topliss-reactive ketones (excluding diaryl/α,β-unsaturated/α-hetero) is 1. The molecule has 0 radical (unpaired) electrons. The molecule has 150 valence electrons. The SMILES string of the molecule is CCCCCCCN=C1C[C@H](C[C@@H](C)SCC)CC(=O)C1=C(O)CCC. The van der Waals surface area contributed by atoms with Crippen molar-refractivity contribution in [2.45, 2.75) is 97.2 Å². The summed E-state index contributed by atoms with van der Waals surface area (Å²) in [6.45, 7) is 9.47. The molecular weight excluding hydrogens is 342 g/mol. The van der Waals surface area contributed by atoms with Crippen LogP contribution in [0.15, 0.2) is 16.3 Å². The summed E-state index contributed by atoms with van der Waals surface area (Å²) in [4.78, 5) is 17.5. The molecule has 0 aromatic rings. The maximum atomic E-state index is 12.7. The fourth-order valence-corrected chi connectivity index (χ4v) is 4.70. The quantitative estimate of drug-likeness (QED) is 0.238. The summed E-state index contributed by atoms with van der Waals surface area (Å²) in [5.41, 5.74) is 1.42. The Morgan fingerprint density at radius 3 is 2.54 bits per heavy atom. The summed E-state index contributed by atoms with van der Waals surface area (Å²) < 4.78 is 0. The molecule has 0 saturated heterocycles. The van der Waals surface area contributed by atoms with E-state index in [0.29, 0.717) is 29.6 Å². The van der Waals surface area contributed by atoms with Crippen molar-refractivity contribution in [1.29, 1.82) is 0 Å². The standard InChI is InChI=1S/C22H39NO2S/c1-5-8-9-10-11-13-23-19-15-18(14-17(4)26-7-3)16-21(25)22(19)20(24)12-6-2/h17-18,24H,5-16H2,1-4H3/t17-,18+/m1/s1. The number of hydrogen-bond donors (Lipinski definition) is 1. The van der Waals surface area contributed by atoms with E-state index in [2.05, 4.69) is 20.8 Å². The Balaban J connectivity index is 2.80. The average Bonchev–Trinajstić information content (AvgIpc) is 2.58. The van der Waals surface area contributed by atoms with Gasteiger partial charge in [-0.25, -0.2) is 0 Å². The van der Waals surface area contributed by atoms with Crippen molar-refractivity contribution < 1.29 is 9.90 Å². The van der Waals surface area contributed by atoms with Crippen LogP contribution in [0.2, 0.25) is 0 Å². The Bertz CT molecular complexity index is 485. The van der Waals surface area contributed by atoms with Crippen LogP contribution in [0.5, 0.6) is 0 Å². The maximum absolute atomic E-state index is 12.7. The number of carbonyl (C=O) groups excluding carboxylic acids is 1. The average molecular weight is 382 g/mol. The number of aliphatic hydroxyl groups is 1. The molecule has 26 heavy (non-hydrogen) atoms. The molecule has 4 heteroatoms. The lowest BCUT2D eigenvalue weighted by Crippen LogP contribution is -2.29. The van der Waals surface area contributed by atoms with E-state index in [1.54, 1.807) is 0 Å². The van der Waals surface area contributed by atoms with E-state index in [4.69, 9.17) is 4.99 Å². The van der Waals surface area contributed by atoms with E-state index in [9.17, 15) is 9.90 Å². The van der Waals surface area contributed by atoms with Gasteiger partial charge in [0.05, 0.1) is 5.57 Å². The molecule has 0 unspecified atom stereocenters. The van der Waals surface area contributed by atoms with Gasteiger partial charge in [-0.05, 0) is 37.4 Å². The van der Waals surface area contributed by atoms with Crippen LogP contribution in [0.1, 0.15) is 91.9 Å². The number of allylic oxidation sites excluding steroid dienone is 2. The molecule has 0 heterocycles. The number of carbonyl (C=O) groups is 1. The van der Waals surface area contributed by atoms with Gasteiger partial charge in [-0.15, -0.1) is 0 Å². The Morgan fingerprint density at radius 1 is 1.15 bits per heavy atom. The second-order valence-corrected chi connectivity index (χ2v) is 9.23. The molecule has 2 atom stereocenters. The predicted octanol–water partition coefficient (Wildman–Crippen LogP) is 6.52. The smallest absolute Gasteiger partial charge is 0.168 e. The molecule has 0 bridgehead atoms. The Morgan fingerprint density at radius 2 is 1.88 bits per heavy atom. The highest BCUT2D eigenvalue weighted by atomic mass is 32.2. The largest absolute Gasteiger partial charge is 0.511 e. The first-order valence-corrected chi connectivity index (χ1v) is 11.7. The third-order valence-electron chi connectivity index (χ3n) is 4.98. The van der Waals surface area contributed by atoms with Crippen LogP contribution in [0.25, 0.3) is 0 Å². The van der Waals surface area contributed by atoms with Crippen molar-refractivity contribution in [3.05, 3.63) is 11.3 Å². The highest BCUT2D eigenvalue weighted by molar-refractivity contribution is 7.99. The zero-order valence-electron chi connectivity index (χ0n) is 17.4.